The highest BCUT2D eigenvalue weighted by Crippen LogP contribution is 2.30. The van der Waals surface area contributed by atoms with E-state index in [4.69, 9.17) is 0 Å². The zero-order valence-electron chi connectivity index (χ0n) is 7.77. The van der Waals surface area contributed by atoms with E-state index in [9.17, 15) is 13.2 Å². The summed E-state index contributed by atoms with van der Waals surface area (Å²) in [6, 6.07) is 5.28. The lowest BCUT2D eigenvalue weighted by atomic mass is 10.2. The average Bonchev–Trinajstić information content (AvgIpc) is 2.14. The summed E-state index contributed by atoms with van der Waals surface area (Å²) in [5.41, 5.74) is -0.585. The van der Waals surface area contributed by atoms with Crippen LogP contribution in [0.1, 0.15) is 18.9 Å². The fraction of sp³-hybridized carbons (Fsp3) is 0.400. The van der Waals surface area contributed by atoms with E-state index in [2.05, 4.69) is 0 Å². The summed E-state index contributed by atoms with van der Waals surface area (Å²) in [6.07, 6.45) is -3.21. The molecule has 1 aromatic rings. The van der Waals surface area contributed by atoms with Gasteiger partial charge in [-0.05, 0) is 36.4 Å². The van der Waals surface area contributed by atoms with Gasteiger partial charge in [0.25, 0.3) is 0 Å². The molecular formula is C10H11F3S. The van der Waals surface area contributed by atoms with Gasteiger partial charge in [0.2, 0.25) is 0 Å². The maximum Gasteiger partial charge on any atom is 0.416 e. The number of alkyl halides is 3. The second kappa shape index (κ2) is 4.73. The van der Waals surface area contributed by atoms with Gasteiger partial charge >= 0.3 is 6.18 Å². The van der Waals surface area contributed by atoms with E-state index >= 15 is 0 Å². The third kappa shape index (κ3) is 3.25. The number of halogens is 3. The number of rotatable bonds is 3. The van der Waals surface area contributed by atoms with Gasteiger partial charge in [0, 0.05) is 4.90 Å². The van der Waals surface area contributed by atoms with Crippen LogP contribution in [0.15, 0.2) is 29.2 Å². The maximum absolute atomic E-state index is 12.2. The summed E-state index contributed by atoms with van der Waals surface area (Å²) in [5.74, 6) is 0.936. The van der Waals surface area contributed by atoms with Crippen molar-refractivity contribution in [3.05, 3.63) is 29.8 Å². The molecule has 0 aliphatic rings. The minimum Gasteiger partial charge on any atom is -0.166 e. The summed E-state index contributed by atoms with van der Waals surface area (Å²) in [7, 11) is 0. The Hall–Kier alpha value is -0.640. The zero-order chi connectivity index (χ0) is 10.6. The van der Waals surface area contributed by atoms with E-state index in [-0.39, 0.29) is 0 Å². The lowest BCUT2D eigenvalue weighted by Crippen LogP contribution is -2.03. The molecule has 0 amide bonds. The maximum atomic E-state index is 12.2. The van der Waals surface area contributed by atoms with Gasteiger partial charge in [-0.15, -0.1) is 11.8 Å². The van der Waals surface area contributed by atoms with Crippen LogP contribution in [-0.2, 0) is 6.18 Å². The van der Waals surface area contributed by atoms with Crippen LogP contribution in [0.3, 0.4) is 0 Å². The lowest BCUT2D eigenvalue weighted by Gasteiger charge is -2.06. The highest BCUT2D eigenvalue weighted by atomic mass is 32.2. The number of benzene rings is 1. The molecule has 0 aliphatic carbocycles. The van der Waals surface area contributed by atoms with Crippen LogP contribution in [0.5, 0.6) is 0 Å². The van der Waals surface area contributed by atoms with Gasteiger partial charge < -0.3 is 0 Å². The molecule has 4 heteroatoms. The molecule has 0 saturated carbocycles. The van der Waals surface area contributed by atoms with Crippen LogP contribution >= 0.6 is 11.8 Å². The largest absolute Gasteiger partial charge is 0.416 e. The summed E-state index contributed by atoms with van der Waals surface area (Å²) in [6.45, 7) is 2.04. The van der Waals surface area contributed by atoms with Crippen LogP contribution in [0, 0.1) is 0 Å². The Morgan fingerprint density at radius 3 is 2.14 bits per heavy atom. The first-order valence-electron chi connectivity index (χ1n) is 4.34. The summed E-state index contributed by atoms with van der Waals surface area (Å²) in [5, 5.41) is 0. The lowest BCUT2D eigenvalue weighted by molar-refractivity contribution is -0.137. The van der Waals surface area contributed by atoms with E-state index in [0.29, 0.717) is 0 Å². The molecule has 0 nitrogen and oxygen atoms in total. The Bertz CT molecular complexity index is 276. The Morgan fingerprint density at radius 1 is 1.14 bits per heavy atom. The molecule has 0 bridgehead atoms. The minimum absolute atomic E-state index is 0.585. The topological polar surface area (TPSA) is 0 Å². The van der Waals surface area contributed by atoms with Crippen molar-refractivity contribution in [1.82, 2.24) is 0 Å². The predicted molar refractivity (Wildman–Crippen MR) is 52.5 cm³/mol. The average molecular weight is 220 g/mol. The van der Waals surface area contributed by atoms with Gasteiger partial charge in [0.15, 0.2) is 0 Å². The number of hydrogen-bond donors (Lipinski definition) is 0. The highest BCUT2D eigenvalue weighted by molar-refractivity contribution is 7.99. The normalized spacial score (nSPS) is 11.7. The van der Waals surface area contributed by atoms with Crippen molar-refractivity contribution in [3.8, 4) is 0 Å². The van der Waals surface area contributed by atoms with Crippen LogP contribution < -0.4 is 0 Å². The second-order valence-corrected chi connectivity index (χ2v) is 4.04. The minimum atomic E-state index is -4.23. The molecule has 0 atom stereocenters. The third-order valence-corrected chi connectivity index (χ3v) is 2.87. The summed E-state index contributed by atoms with van der Waals surface area (Å²) in [4.78, 5) is 0.889. The van der Waals surface area contributed by atoms with Crippen molar-refractivity contribution < 1.29 is 13.2 Å². The van der Waals surface area contributed by atoms with Crippen LogP contribution in [0.4, 0.5) is 13.2 Å². The fourth-order valence-electron chi connectivity index (χ4n) is 0.960. The van der Waals surface area contributed by atoms with Crippen molar-refractivity contribution >= 4 is 11.8 Å². The molecule has 1 aromatic carbocycles. The summed E-state index contributed by atoms with van der Waals surface area (Å²) >= 11 is 1.57. The second-order valence-electron chi connectivity index (χ2n) is 2.87. The van der Waals surface area contributed by atoms with E-state index in [0.717, 1.165) is 29.2 Å². The van der Waals surface area contributed by atoms with Crippen LogP contribution in [0.25, 0.3) is 0 Å². The van der Waals surface area contributed by atoms with E-state index < -0.39 is 11.7 Å². The van der Waals surface area contributed by atoms with Gasteiger partial charge in [-0.2, -0.15) is 13.2 Å². The Morgan fingerprint density at radius 2 is 1.71 bits per heavy atom. The quantitative estimate of drug-likeness (QED) is 0.688. The molecule has 0 radical (unpaired) electrons. The van der Waals surface area contributed by atoms with E-state index in [1.165, 1.54) is 12.1 Å². The number of thioether (sulfide) groups is 1. The van der Waals surface area contributed by atoms with Gasteiger partial charge in [0.1, 0.15) is 0 Å². The Kier molecular flexibility index (Phi) is 3.86. The first kappa shape index (κ1) is 11.4. The molecule has 0 unspecified atom stereocenters. The van der Waals surface area contributed by atoms with E-state index in [1.54, 1.807) is 11.8 Å². The van der Waals surface area contributed by atoms with Crippen LogP contribution in [-0.4, -0.2) is 5.75 Å². The fourth-order valence-corrected chi connectivity index (χ4v) is 1.73. The molecule has 1 rings (SSSR count). The first-order valence-corrected chi connectivity index (χ1v) is 5.32. The molecule has 0 heterocycles. The third-order valence-electron chi connectivity index (χ3n) is 1.65. The molecule has 0 saturated heterocycles. The first-order chi connectivity index (χ1) is 6.54. The number of hydrogen-bond acceptors (Lipinski definition) is 1. The van der Waals surface area contributed by atoms with Gasteiger partial charge in [-0.1, -0.05) is 6.92 Å². The molecule has 0 aromatic heterocycles. The Labute approximate surface area is 85.5 Å². The zero-order valence-corrected chi connectivity index (χ0v) is 8.58. The monoisotopic (exact) mass is 220 g/mol. The standard InChI is InChI=1S/C10H11F3S/c1-2-7-14-9-5-3-8(4-6-9)10(11,12)13/h3-6H,2,7H2,1H3. The Balaban J connectivity index is 2.69. The predicted octanol–water partition coefficient (Wildman–Crippen LogP) is 4.21. The van der Waals surface area contributed by atoms with Crippen molar-refractivity contribution in [2.24, 2.45) is 0 Å². The van der Waals surface area contributed by atoms with Crippen molar-refractivity contribution in [1.29, 1.82) is 0 Å². The van der Waals surface area contributed by atoms with Gasteiger partial charge in [-0.25, -0.2) is 0 Å². The van der Waals surface area contributed by atoms with Crippen LogP contribution in [0.2, 0.25) is 0 Å². The van der Waals surface area contributed by atoms with Crippen molar-refractivity contribution in [3.63, 3.8) is 0 Å². The van der Waals surface area contributed by atoms with Gasteiger partial charge in [0.05, 0.1) is 5.56 Å². The van der Waals surface area contributed by atoms with Crippen molar-refractivity contribution in [2.75, 3.05) is 5.75 Å². The molecule has 0 fully saturated rings. The van der Waals surface area contributed by atoms with E-state index in [1.807, 2.05) is 6.92 Å². The highest BCUT2D eigenvalue weighted by Gasteiger charge is 2.29. The molecule has 0 aliphatic heterocycles. The SMILES string of the molecule is CCCSc1ccc(C(F)(F)F)cc1. The van der Waals surface area contributed by atoms with Gasteiger partial charge in [-0.3, -0.25) is 0 Å². The summed E-state index contributed by atoms with van der Waals surface area (Å²) < 4.78 is 36.5. The molecule has 78 valence electrons. The smallest absolute Gasteiger partial charge is 0.166 e. The molecule has 0 spiro atoms. The molecular weight excluding hydrogens is 209 g/mol. The molecule has 14 heavy (non-hydrogen) atoms. The van der Waals surface area contributed by atoms with Crippen molar-refractivity contribution in [2.45, 2.75) is 24.4 Å². The molecule has 0 N–H and O–H groups in total.